The van der Waals surface area contributed by atoms with E-state index in [1.54, 1.807) is 7.05 Å². The number of carbonyl (C=O) groups excluding carboxylic acids is 1. The van der Waals surface area contributed by atoms with E-state index >= 15 is 0 Å². The first-order valence-electron chi connectivity index (χ1n) is 9.60. The van der Waals surface area contributed by atoms with Crippen LogP contribution in [0.25, 0.3) is 0 Å². The summed E-state index contributed by atoms with van der Waals surface area (Å²) in [6, 6.07) is 14.1. The van der Waals surface area contributed by atoms with Crippen molar-refractivity contribution in [3.05, 3.63) is 59.2 Å². The van der Waals surface area contributed by atoms with Crippen LogP contribution in [0.3, 0.4) is 0 Å². The number of fused-ring (bicyclic) bond motifs is 1. The van der Waals surface area contributed by atoms with Crippen LogP contribution >= 0.6 is 0 Å². The molecule has 6 heteroatoms. The Labute approximate surface area is 166 Å². The summed E-state index contributed by atoms with van der Waals surface area (Å²) in [6.45, 7) is 5.92. The molecule has 1 aliphatic rings. The fourth-order valence-electron chi connectivity index (χ4n) is 3.47. The maximum atomic E-state index is 11.9. The van der Waals surface area contributed by atoms with Crippen molar-refractivity contribution in [2.75, 3.05) is 32.1 Å². The molecule has 2 aromatic carbocycles. The average Bonchev–Trinajstić information content (AvgIpc) is 2.69. The molecule has 0 saturated heterocycles. The normalized spacial score (nSPS) is 16.2. The lowest BCUT2D eigenvalue weighted by atomic mass is 9.90. The lowest BCUT2D eigenvalue weighted by Crippen LogP contribution is -2.42. The van der Waals surface area contributed by atoms with Crippen molar-refractivity contribution in [2.45, 2.75) is 26.2 Å². The number of aryl methyl sites for hydroxylation is 2. The van der Waals surface area contributed by atoms with Crippen molar-refractivity contribution in [3.63, 3.8) is 0 Å². The summed E-state index contributed by atoms with van der Waals surface area (Å²) < 4.78 is 5.92. The monoisotopic (exact) mass is 380 g/mol. The molecule has 6 nitrogen and oxygen atoms in total. The highest BCUT2D eigenvalue weighted by molar-refractivity contribution is 5.94. The summed E-state index contributed by atoms with van der Waals surface area (Å²) in [7, 11) is 1.74. The third kappa shape index (κ3) is 4.82. The quantitative estimate of drug-likeness (QED) is 0.409. The molecule has 1 aliphatic heterocycles. The highest BCUT2D eigenvalue weighted by Crippen LogP contribution is 2.31. The first-order chi connectivity index (χ1) is 13.6. The molecule has 1 amide bonds. The molecule has 1 atom stereocenters. The lowest BCUT2D eigenvalue weighted by molar-refractivity contribution is -0.116. The molecular formula is C22H28N4O2. The molecule has 0 spiro atoms. The Morgan fingerprint density at radius 2 is 1.89 bits per heavy atom. The molecule has 28 heavy (non-hydrogen) atoms. The standard InChI is InChI=1S/C22H28N4O2/c1-15-7-6-8-16(2)21(15)28-12-11-24-22(23-3)25-14-17-13-20(27)26-19-10-5-4-9-18(17)19/h4-10,17H,11-14H2,1-3H3,(H,26,27)(H2,23,24,25). The van der Waals surface area contributed by atoms with E-state index in [-0.39, 0.29) is 11.8 Å². The van der Waals surface area contributed by atoms with Crippen LogP contribution in [-0.2, 0) is 4.79 Å². The number of ether oxygens (including phenoxy) is 1. The third-order valence-corrected chi connectivity index (χ3v) is 4.90. The summed E-state index contributed by atoms with van der Waals surface area (Å²) in [5.74, 6) is 1.82. The van der Waals surface area contributed by atoms with Gasteiger partial charge in [-0.15, -0.1) is 0 Å². The minimum absolute atomic E-state index is 0.0513. The van der Waals surface area contributed by atoms with Gasteiger partial charge in [0.25, 0.3) is 0 Å². The van der Waals surface area contributed by atoms with Gasteiger partial charge in [-0.25, -0.2) is 0 Å². The molecule has 2 aromatic rings. The fraction of sp³-hybridized carbons (Fsp3) is 0.364. The number of hydrogen-bond donors (Lipinski definition) is 3. The predicted octanol–water partition coefficient (Wildman–Crippen LogP) is 2.97. The zero-order valence-electron chi connectivity index (χ0n) is 16.7. The molecule has 3 rings (SSSR count). The fourth-order valence-corrected chi connectivity index (χ4v) is 3.47. The molecular weight excluding hydrogens is 352 g/mol. The van der Waals surface area contributed by atoms with Crippen LogP contribution in [0.15, 0.2) is 47.5 Å². The first kappa shape index (κ1) is 19.7. The number of guanidine groups is 1. The highest BCUT2D eigenvalue weighted by atomic mass is 16.5. The van der Waals surface area contributed by atoms with E-state index in [1.165, 1.54) is 0 Å². The Bertz CT molecular complexity index is 843. The van der Waals surface area contributed by atoms with Gasteiger partial charge in [0.1, 0.15) is 12.4 Å². The maximum Gasteiger partial charge on any atom is 0.225 e. The van der Waals surface area contributed by atoms with E-state index in [1.807, 2.05) is 24.3 Å². The third-order valence-electron chi connectivity index (χ3n) is 4.90. The van der Waals surface area contributed by atoms with Crippen LogP contribution in [0.2, 0.25) is 0 Å². The molecule has 0 radical (unpaired) electrons. The smallest absolute Gasteiger partial charge is 0.225 e. The van der Waals surface area contributed by atoms with Crippen molar-refractivity contribution in [2.24, 2.45) is 4.99 Å². The van der Waals surface area contributed by atoms with Gasteiger partial charge in [0, 0.05) is 31.6 Å². The summed E-state index contributed by atoms with van der Waals surface area (Å²) in [6.07, 6.45) is 0.469. The number of amides is 1. The maximum absolute atomic E-state index is 11.9. The zero-order valence-corrected chi connectivity index (χ0v) is 16.7. The van der Waals surface area contributed by atoms with Gasteiger partial charge in [0.05, 0.1) is 6.54 Å². The minimum Gasteiger partial charge on any atom is -0.491 e. The number of hydrogen-bond acceptors (Lipinski definition) is 3. The lowest BCUT2D eigenvalue weighted by Gasteiger charge is -2.26. The van der Waals surface area contributed by atoms with E-state index in [4.69, 9.17) is 4.74 Å². The molecule has 0 saturated carbocycles. The number of rotatable bonds is 6. The van der Waals surface area contributed by atoms with E-state index in [2.05, 4.69) is 53.0 Å². The number of nitrogens with one attached hydrogen (secondary N) is 3. The summed E-state index contributed by atoms with van der Waals surface area (Å²) in [5.41, 5.74) is 4.33. The van der Waals surface area contributed by atoms with Crippen molar-refractivity contribution in [1.29, 1.82) is 0 Å². The Hall–Kier alpha value is -3.02. The topological polar surface area (TPSA) is 74.8 Å². The summed E-state index contributed by atoms with van der Waals surface area (Å²) in [5, 5.41) is 9.52. The molecule has 0 bridgehead atoms. The molecule has 1 heterocycles. The highest BCUT2D eigenvalue weighted by Gasteiger charge is 2.24. The second-order valence-electron chi connectivity index (χ2n) is 6.99. The predicted molar refractivity (Wildman–Crippen MR) is 113 cm³/mol. The second kappa shape index (κ2) is 9.26. The van der Waals surface area contributed by atoms with Gasteiger partial charge in [-0.3, -0.25) is 9.79 Å². The van der Waals surface area contributed by atoms with Crippen molar-refractivity contribution in [3.8, 4) is 5.75 Å². The zero-order chi connectivity index (χ0) is 19.9. The molecule has 148 valence electrons. The van der Waals surface area contributed by atoms with Gasteiger partial charge >= 0.3 is 0 Å². The Balaban J connectivity index is 1.48. The molecule has 0 aromatic heterocycles. The van der Waals surface area contributed by atoms with E-state index < -0.39 is 0 Å². The van der Waals surface area contributed by atoms with Crippen LogP contribution < -0.4 is 20.7 Å². The largest absolute Gasteiger partial charge is 0.491 e. The van der Waals surface area contributed by atoms with E-state index in [9.17, 15) is 4.79 Å². The number of nitrogens with zero attached hydrogens (tertiary/aromatic N) is 1. The summed E-state index contributed by atoms with van der Waals surface area (Å²) in [4.78, 5) is 16.2. The van der Waals surface area contributed by atoms with Gasteiger partial charge < -0.3 is 20.7 Å². The molecule has 1 unspecified atom stereocenters. The average molecular weight is 380 g/mol. The molecule has 0 aliphatic carbocycles. The second-order valence-corrected chi connectivity index (χ2v) is 6.99. The first-order valence-corrected chi connectivity index (χ1v) is 9.60. The molecule has 0 fully saturated rings. The van der Waals surface area contributed by atoms with Crippen molar-refractivity contribution < 1.29 is 9.53 Å². The van der Waals surface area contributed by atoms with Gasteiger partial charge in [-0.05, 0) is 36.6 Å². The number of benzene rings is 2. The Morgan fingerprint density at radius 3 is 2.64 bits per heavy atom. The Kier molecular flexibility index (Phi) is 6.53. The number of aliphatic imine (C=N–C) groups is 1. The number of para-hydroxylation sites is 2. The number of anilines is 1. The van der Waals surface area contributed by atoms with Crippen LogP contribution in [0.1, 0.15) is 29.0 Å². The molecule has 3 N–H and O–H groups in total. The van der Waals surface area contributed by atoms with Gasteiger partial charge in [-0.1, -0.05) is 36.4 Å². The van der Waals surface area contributed by atoms with Gasteiger partial charge in [-0.2, -0.15) is 0 Å². The Morgan fingerprint density at radius 1 is 1.14 bits per heavy atom. The van der Waals surface area contributed by atoms with Crippen molar-refractivity contribution >= 4 is 17.6 Å². The van der Waals surface area contributed by atoms with E-state index in [0.717, 1.165) is 28.1 Å². The van der Waals surface area contributed by atoms with Crippen LogP contribution in [0.5, 0.6) is 5.75 Å². The van der Waals surface area contributed by atoms with E-state index in [0.29, 0.717) is 32.1 Å². The number of carbonyl (C=O) groups is 1. The minimum atomic E-state index is 0.0513. The van der Waals surface area contributed by atoms with Crippen LogP contribution in [0, 0.1) is 13.8 Å². The van der Waals surface area contributed by atoms with Crippen molar-refractivity contribution in [1.82, 2.24) is 10.6 Å². The van der Waals surface area contributed by atoms with Crippen LogP contribution in [-0.4, -0.2) is 38.6 Å². The summed E-state index contributed by atoms with van der Waals surface area (Å²) >= 11 is 0. The van der Waals surface area contributed by atoms with Gasteiger partial charge in [0.2, 0.25) is 5.91 Å². The van der Waals surface area contributed by atoms with Gasteiger partial charge in [0.15, 0.2) is 5.96 Å². The van der Waals surface area contributed by atoms with Crippen LogP contribution in [0.4, 0.5) is 5.69 Å². The SMILES string of the molecule is CN=C(NCCOc1c(C)cccc1C)NCC1CC(=O)Nc2ccccc21.